The Labute approximate surface area is 130 Å². The van der Waals surface area contributed by atoms with Crippen LogP contribution in [0.4, 0.5) is 10.5 Å². The highest BCUT2D eigenvalue weighted by molar-refractivity contribution is 6.58. The van der Waals surface area contributed by atoms with Crippen LogP contribution in [-0.2, 0) is 11.2 Å². The first-order valence-corrected chi connectivity index (χ1v) is 7.98. The third-order valence-electron chi connectivity index (χ3n) is 4.39. The topological polar surface area (TPSA) is 82.9 Å². The third-order valence-corrected chi connectivity index (χ3v) is 4.39. The number of hydrogen-bond donors (Lipinski definition) is 2. The summed E-state index contributed by atoms with van der Waals surface area (Å²) in [6.45, 7) is 0.575. The van der Waals surface area contributed by atoms with Crippen LogP contribution in [0.3, 0.4) is 0 Å². The summed E-state index contributed by atoms with van der Waals surface area (Å²) in [5.74, 6) is 0. The number of aryl methyl sites for hydroxylation is 1. The van der Waals surface area contributed by atoms with Gasteiger partial charge in [0.15, 0.2) is 0 Å². The van der Waals surface area contributed by atoms with E-state index in [4.69, 9.17) is 4.74 Å². The number of carbonyl (C=O) groups excluding carboxylic acids is 1. The molecule has 1 aliphatic carbocycles. The van der Waals surface area contributed by atoms with Crippen LogP contribution < -0.4 is 10.4 Å². The lowest BCUT2D eigenvalue weighted by atomic mass is 9.81. The summed E-state index contributed by atoms with van der Waals surface area (Å²) >= 11 is 0. The third kappa shape index (κ3) is 3.25. The molecular weight excluding hydrogens is 283 g/mol. The number of hydrogen-bond acceptors (Lipinski definition) is 5. The van der Waals surface area contributed by atoms with Gasteiger partial charge < -0.3 is 14.8 Å². The average molecular weight is 304 g/mol. The second-order valence-electron chi connectivity index (χ2n) is 6.01. The van der Waals surface area contributed by atoms with Gasteiger partial charge in [0.05, 0.1) is 11.4 Å². The second-order valence-corrected chi connectivity index (χ2v) is 6.01. The smallest absolute Gasteiger partial charge is 0.446 e. The number of amides is 1. The molecule has 22 heavy (non-hydrogen) atoms. The summed E-state index contributed by atoms with van der Waals surface area (Å²) in [5.41, 5.74) is 1.73. The molecule has 1 aliphatic heterocycles. The van der Waals surface area contributed by atoms with Crippen molar-refractivity contribution in [1.82, 2.24) is 4.98 Å². The molecule has 0 saturated heterocycles. The van der Waals surface area contributed by atoms with Crippen molar-refractivity contribution < 1.29 is 19.6 Å². The van der Waals surface area contributed by atoms with Gasteiger partial charge >= 0.3 is 13.2 Å². The SMILES string of the molecule is O=C(OC1CCCCC1)N1CCCc2ncc(B(O)O)cc21. The fourth-order valence-electron chi connectivity index (χ4n) is 3.17. The monoisotopic (exact) mass is 304 g/mol. The number of rotatable bonds is 2. The van der Waals surface area contributed by atoms with Crippen LogP contribution in [-0.4, -0.2) is 40.9 Å². The van der Waals surface area contributed by atoms with Crippen molar-refractivity contribution in [3.8, 4) is 0 Å². The standard InChI is InChI=1S/C15H21BN2O4/c19-15(22-12-5-2-1-3-6-12)18-8-4-7-13-14(18)9-11(10-17-13)16(20)21/h9-10,12,20-21H,1-8H2. The van der Waals surface area contributed by atoms with Gasteiger partial charge in [-0.05, 0) is 44.6 Å². The van der Waals surface area contributed by atoms with Gasteiger partial charge in [0.2, 0.25) is 0 Å². The lowest BCUT2D eigenvalue weighted by Crippen LogP contribution is -2.40. The summed E-state index contributed by atoms with van der Waals surface area (Å²) in [4.78, 5) is 18.3. The molecule has 7 heteroatoms. The Kier molecular flexibility index (Phi) is 4.64. The molecule has 0 aromatic carbocycles. The molecule has 118 valence electrons. The predicted octanol–water partition coefficient (Wildman–Crippen LogP) is 0.983. The zero-order valence-corrected chi connectivity index (χ0v) is 12.6. The van der Waals surface area contributed by atoms with Crippen LogP contribution in [0.15, 0.2) is 12.3 Å². The largest absolute Gasteiger partial charge is 0.490 e. The molecule has 1 amide bonds. The Hall–Kier alpha value is -1.60. The van der Waals surface area contributed by atoms with Crippen molar-refractivity contribution in [3.63, 3.8) is 0 Å². The molecule has 6 nitrogen and oxygen atoms in total. The highest BCUT2D eigenvalue weighted by atomic mass is 16.6. The lowest BCUT2D eigenvalue weighted by Gasteiger charge is -2.31. The molecule has 0 spiro atoms. The maximum Gasteiger partial charge on any atom is 0.490 e. The molecule has 3 rings (SSSR count). The molecule has 1 fully saturated rings. The summed E-state index contributed by atoms with van der Waals surface area (Å²) in [5, 5.41) is 18.6. The Bertz CT molecular complexity index is 546. The number of anilines is 1. The van der Waals surface area contributed by atoms with Gasteiger partial charge in [-0.1, -0.05) is 6.42 Å². The van der Waals surface area contributed by atoms with Crippen molar-refractivity contribution in [1.29, 1.82) is 0 Å². The zero-order chi connectivity index (χ0) is 15.5. The zero-order valence-electron chi connectivity index (χ0n) is 12.6. The number of fused-ring (bicyclic) bond motifs is 1. The fraction of sp³-hybridized carbons (Fsp3) is 0.600. The Morgan fingerprint density at radius 1 is 1.27 bits per heavy atom. The lowest BCUT2D eigenvalue weighted by molar-refractivity contribution is 0.0805. The fourth-order valence-corrected chi connectivity index (χ4v) is 3.17. The van der Waals surface area contributed by atoms with Gasteiger partial charge in [-0.25, -0.2) is 4.79 Å². The van der Waals surface area contributed by atoms with E-state index in [-0.39, 0.29) is 17.7 Å². The van der Waals surface area contributed by atoms with Gasteiger partial charge in [0, 0.05) is 18.2 Å². The van der Waals surface area contributed by atoms with Crippen LogP contribution >= 0.6 is 0 Å². The first kappa shape index (κ1) is 15.3. The molecule has 2 aliphatic rings. The van der Waals surface area contributed by atoms with Crippen LogP contribution in [0.1, 0.15) is 44.2 Å². The van der Waals surface area contributed by atoms with E-state index in [1.807, 2.05) is 0 Å². The predicted molar refractivity (Wildman–Crippen MR) is 83.1 cm³/mol. The summed E-state index contributed by atoms with van der Waals surface area (Å²) in [7, 11) is -1.59. The van der Waals surface area contributed by atoms with Crippen molar-refractivity contribution in [2.75, 3.05) is 11.4 Å². The van der Waals surface area contributed by atoms with Gasteiger partial charge in [-0.2, -0.15) is 0 Å². The first-order chi connectivity index (χ1) is 10.6. The van der Waals surface area contributed by atoms with Crippen molar-refractivity contribution >= 4 is 24.4 Å². The van der Waals surface area contributed by atoms with E-state index in [9.17, 15) is 14.8 Å². The highest BCUT2D eigenvalue weighted by Gasteiger charge is 2.28. The Morgan fingerprint density at radius 3 is 2.77 bits per heavy atom. The molecule has 0 atom stereocenters. The Morgan fingerprint density at radius 2 is 2.05 bits per heavy atom. The van der Waals surface area contributed by atoms with E-state index in [1.54, 1.807) is 11.0 Å². The van der Waals surface area contributed by atoms with Crippen molar-refractivity contribution in [3.05, 3.63) is 18.0 Å². The maximum absolute atomic E-state index is 12.5. The number of aromatic nitrogens is 1. The van der Waals surface area contributed by atoms with Gasteiger partial charge in [0.1, 0.15) is 6.10 Å². The molecule has 1 aromatic rings. The number of ether oxygens (including phenoxy) is 1. The Balaban J connectivity index is 1.77. The van der Waals surface area contributed by atoms with E-state index in [1.165, 1.54) is 12.6 Å². The average Bonchev–Trinajstić information content (AvgIpc) is 2.54. The number of pyridine rings is 1. The van der Waals surface area contributed by atoms with E-state index in [0.29, 0.717) is 12.2 Å². The molecule has 0 unspecified atom stereocenters. The molecule has 1 aromatic heterocycles. The minimum absolute atomic E-state index is 0.00574. The summed E-state index contributed by atoms with van der Waals surface area (Å²) in [6.07, 6.45) is 8.01. The molecular formula is C15H21BN2O4. The van der Waals surface area contributed by atoms with E-state index in [0.717, 1.165) is 44.2 Å². The van der Waals surface area contributed by atoms with Crippen LogP contribution in [0, 0.1) is 0 Å². The second kappa shape index (κ2) is 6.66. The van der Waals surface area contributed by atoms with Gasteiger partial charge in [-0.15, -0.1) is 0 Å². The molecule has 1 saturated carbocycles. The quantitative estimate of drug-likeness (QED) is 0.796. The number of nitrogens with zero attached hydrogens (tertiary/aromatic N) is 2. The van der Waals surface area contributed by atoms with Crippen molar-refractivity contribution in [2.24, 2.45) is 0 Å². The first-order valence-electron chi connectivity index (χ1n) is 7.98. The van der Waals surface area contributed by atoms with Crippen LogP contribution in [0.5, 0.6) is 0 Å². The molecule has 2 N–H and O–H groups in total. The normalized spacial score (nSPS) is 18.7. The minimum Gasteiger partial charge on any atom is -0.446 e. The van der Waals surface area contributed by atoms with Crippen LogP contribution in [0.2, 0.25) is 0 Å². The maximum atomic E-state index is 12.5. The molecule has 0 radical (unpaired) electrons. The summed E-state index contributed by atoms with van der Waals surface area (Å²) < 4.78 is 5.62. The summed E-state index contributed by atoms with van der Waals surface area (Å²) in [6, 6.07) is 1.62. The molecule has 0 bridgehead atoms. The van der Waals surface area contributed by atoms with E-state index >= 15 is 0 Å². The van der Waals surface area contributed by atoms with Gasteiger partial charge in [0.25, 0.3) is 0 Å². The highest BCUT2D eigenvalue weighted by Crippen LogP contribution is 2.27. The van der Waals surface area contributed by atoms with E-state index in [2.05, 4.69) is 4.98 Å². The molecule has 2 heterocycles. The van der Waals surface area contributed by atoms with Gasteiger partial charge in [-0.3, -0.25) is 9.88 Å². The van der Waals surface area contributed by atoms with Crippen LogP contribution in [0.25, 0.3) is 0 Å². The van der Waals surface area contributed by atoms with Crippen molar-refractivity contribution in [2.45, 2.75) is 51.0 Å². The van der Waals surface area contributed by atoms with E-state index < -0.39 is 7.12 Å². The number of carbonyl (C=O) groups is 1. The minimum atomic E-state index is -1.59.